The number of amides is 1. The minimum atomic E-state index is -0.765. The van der Waals surface area contributed by atoms with Crippen molar-refractivity contribution in [2.24, 2.45) is 0 Å². The molecule has 1 aliphatic heterocycles. The number of pyridine rings is 1. The largest absolute Gasteiger partial charge is 0.368 e. The Kier molecular flexibility index (Phi) is 6.62. The minimum Gasteiger partial charge on any atom is -0.368 e. The first-order valence-corrected chi connectivity index (χ1v) is 10.6. The Morgan fingerprint density at radius 3 is 1.82 bits per heavy atom. The Morgan fingerprint density at radius 1 is 0.824 bits per heavy atom. The van der Waals surface area contributed by atoms with E-state index in [0.29, 0.717) is 0 Å². The number of nitrogens with one attached hydrogen (secondary N) is 1. The number of anilines is 2. The van der Waals surface area contributed by atoms with Crippen molar-refractivity contribution in [2.75, 3.05) is 36.0 Å². The second-order valence-corrected chi connectivity index (χ2v) is 7.78. The first-order chi connectivity index (χ1) is 16.4. The average molecular weight is 462 g/mol. The molecular formula is C23H22N6O5. The van der Waals surface area contributed by atoms with Gasteiger partial charge in [0.05, 0.1) is 21.5 Å². The molecular weight excluding hydrogens is 440 g/mol. The van der Waals surface area contributed by atoms with Gasteiger partial charge in [-0.15, -0.1) is 0 Å². The van der Waals surface area contributed by atoms with Crippen molar-refractivity contribution in [2.45, 2.75) is 6.54 Å². The zero-order valence-electron chi connectivity index (χ0n) is 18.2. The lowest BCUT2D eigenvalue weighted by Crippen LogP contribution is -2.46. The number of carbonyl (C=O) groups is 1. The van der Waals surface area contributed by atoms with Crippen molar-refractivity contribution in [3.05, 3.63) is 98.3 Å². The molecule has 0 bridgehead atoms. The van der Waals surface area contributed by atoms with E-state index in [1.165, 1.54) is 0 Å². The number of hydrogen-bond acceptors (Lipinski definition) is 8. The van der Waals surface area contributed by atoms with Gasteiger partial charge in [0.1, 0.15) is 0 Å². The molecule has 2 aromatic carbocycles. The highest BCUT2D eigenvalue weighted by molar-refractivity contribution is 5.95. The lowest BCUT2D eigenvalue weighted by Gasteiger charge is -2.37. The van der Waals surface area contributed by atoms with Gasteiger partial charge in [-0.25, -0.2) is 0 Å². The summed E-state index contributed by atoms with van der Waals surface area (Å²) in [6.45, 7) is 3.74. The summed E-state index contributed by atoms with van der Waals surface area (Å²) in [7, 11) is 0. The number of non-ortho nitro benzene ring substituents is 2. The van der Waals surface area contributed by atoms with Crippen LogP contribution in [-0.2, 0) is 6.54 Å². The molecule has 1 aliphatic rings. The maximum absolute atomic E-state index is 12.5. The predicted octanol–water partition coefficient (Wildman–Crippen LogP) is 3.15. The van der Waals surface area contributed by atoms with E-state index in [9.17, 15) is 25.0 Å². The standard InChI is InChI=1S/C23H22N6O5/c30-23(18-13-21(28(31)32)15-22(14-18)29(33)34)25-16-17-1-3-19(4-2-17)26-9-11-27(12-10-26)20-5-7-24-8-6-20/h1-8,13-15H,9-12,16H2,(H,25,30). The third kappa shape index (κ3) is 5.26. The van der Waals surface area contributed by atoms with Gasteiger partial charge in [-0.3, -0.25) is 30.0 Å². The van der Waals surface area contributed by atoms with Crippen LogP contribution in [0.2, 0.25) is 0 Å². The summed E-state index contributed by atoms with van der Waals surface area (Å²) in [6, 6.07) is 14.7. The van der Waals surface area contributed by atoms with Crippen LogP contribution in [0.25, 0.3) is 0 Å². The summed E-state index contributed by atoms with van der Waals surface area (Å²) in [5.74, 6) is -0.622. The van der Waals surface area contributed by atoms with Crippen LogP contribution in [0.5, 0.6) is 0 Å². The van der Waals surface area contributed by atoms with Gasteiger partial charge in [0.15, 0.2) is 0 Å². The second kappa shape index (κ2) is 9.94. The fourth-order valence-corrected chi connectivity index (χ4v) is 3.82. The highest BCUT2D eigenvalue weighted by atomic mass is 16.6. The summed E-state index contributed by atoms with van der Waals surface area (Å²) in [5, 5.41) is 24.7. The normalized spacial score (nSPS) is 13.4. The monoisotopic (exact) mass is 462 g/mol. The molecule has 1 N–H and O–H groups in total. The van der Waals surface area contributed by atoms with Gasteiger partial charge in [-0.1, -0.05) is 12.1 Å². The minimum absolute atomic E-state index is 0.135. The van der Waals surface area contributed by atoms with Gasteiger partial charge in [-0.05, 0) is 29.8 Å². The van der Waals surface area contributed by atoms with Crippen LogP contribution in [0.3, 0.4) is 0 Å². The fraction of sp³-hybridized carbons (Fsp3) is 0.217. The SMILES string of the molecule is O=C(NCc1ccc(N2CCN(c3ccncc3)CC2)cc1)c1cc([N+](=O)[O-])cc([N+](=O)[O-])c1. The van der Waals surface area contributed by atoms with E-state index in [0.717, 1.165) is 61.3 Å². The van der Waals surface area contributed by atoms with Crippen molar-refractivity contribution in [3.63, 3.8) is 0 Å². The van der Waals surface area contributed by atoms with E-state index in [2.05, 4.69) is 20.1 Å². The van der Waals surface area contributed by atoms with Gasteiger partial charge in [-0.2, -0.15) is 0 Å². The molecule has 0 unspecified atom stereocenters. The third-order valence-corrected chi connectivity index (χ3v) is 5.65. The number of rotatable bonds is 7. The molecule has 3 aromatic rings. The average Bonchev–Trinajstić information content (AvgIpc) is 2.88. The molecule has 34 heavy (non-hydrogen) atoms. The summed E-state index contributed by atoms with van der Waals surface area (Å²) in [5.41, 5.74) is 1.94. The van der Waals surface area contributed by atoms with Crippen LogP contribution in [0.1, 0.15) is 15.9 Å². The molecule has 0 spiro atoms. The Bertz CT molecular complexity index is 1160. The molecule has 1 aromatic heterocycles. The molecule has 0 aliphatic carbocycles. The van der Waals surface area contributed by atoms with E-state index in [-0.39, 0.29) is 12.1 Å². The first-order valence-electron chi connectivity index (χ1n) is 10.6. The van der Waals surface area contributed by atoms with E-state index in [1.54, 1.807) is 12.4 Å². The van der Waals surface area contributed by atoms with Crippen molar-refractivity contribution < 1.29 is 14.6 Å². The van der Waals surface area contributed by atoms with Crippen LogP contribution in [-0.4, -0.2) is 46.9 Å². The fourth-order valence-electron chi connectivity index (χ4n) is 3.82. The zero-order chi connectivity index (χ0) is 24.1. The Morgan fingerprint density at radius 2 is 1.32 bits per heavy atom. The number of nitro benzene ring substituents is 2. The Balaban J connectivity index is 1.34. The zero-order valence-corrected chi connectivity index (χ0v) is 18.2. The predicted molar refractivity (Wildman–Crippen MR) is 126 cm³/mol. The molecule has 0 radical (unpaired) electrons. The molecule has 1 amide bonds. The summed E-state index contributed by atoms with van der Waals surface area (Å²) in [4.78, 5) is 41.6. The van der Waals surface area contributed by atoms with E-state index in [1.807, 2.05) is 36.4 Å². The van der Waals surface area contributed by atoms with Gasteiger partial charge in [0.2, 0.25) is 0 Å². The van der Waals surface area contributed by atoms with Crippen LogP contribution in [0, 0.1) is 20.2 Å². The maximum Gasteiger partial charge on any atom is 0.277 e. The van der Waals surface area contributed by atoms with Gasteiger partial charge in [0.25, 0.3) is 17.3 Å². The maximum atomic E-state index is 12.5. The highest BCUT2D eigenvalue weighted by Gasteiger charge is 2.20. The molecule has 0 saturated carbocycles. The molecule has 174 valence electrons. The van der Waals surface area contributed by atoms with E-state index < -0.39 is 27.1 Å². The molecule has 11 nitrogen and oxygen atoms in total. The molecule has 11 heteroatoms. The summed E-state index contributed by atoms with van der Waals surface area (Å²) >= 11 is 0. The first kappa shape index (κ1) is 22.6. The summed E-state index contributed by atoms with van der Waals surface area (Å²) < 4.78 is 0. The second-order valence-electron chi connectivity index (χ2n) is 7.78. The van der Waals surface area contributed by atoms with Crippen molar-refractivity contribution in [1.82, 2.24) is 10.3 Å². The molecule has 1 saturated heterocycles. The van der Waals surface area contributed by atoms with Crippen LogP contribution in [0.15, 0.2) is 67.0 Å². The van der Waals surface area contributed by atoms with Crippen LogP contribution in [0.4, 0.5) is 22.7 Å². The number of aromatic nitrogens is 1. The van der Waals surface area contributed by atoms with E-state index >= 15 is 0 Å². The lowest BCUT2D eigenvalue weighted by atomic mass is 10.1. The Hall–Kier alpha value is -4.54. The van der Waals surface area contributed by atoms with Gasteiger partial charge in [0, 0.05) is 68.6 Å². The van der Waals surface area contributed by atoms with Crippen LogP contribution >= 0.6 is 0 Å². The topological polar surface area (TPSA) is 135 Å². The van der Waals surface area contributed by atoms with Crippen molar-refractivity contribution in [1.29, 1.82) is 0 Å². The smallest absolute Gasteiger partial charge is 0.277 e. The number of nitrogens with zero attached hydrogens (tertiary/aromatic N) is 5. The molecule has 2 heterocycles. The number of nitro groups is 2. The van der Waals surface area contributed by atoms with Crippen molar-refractivity contribution >= 4 is 28.7 Å². The number of benzene rings is 2. The van der Waals surface area contributed by atoms with Crippen LogP contribution < -0.4 is 15.1 Å². The lowest BCUT2D eigenvalue weighted by molar-refractivity contribution is -0.394. The van der Waals surface area contributed by atoms with Gasteiger partial charge < -0.3 is 15.1 Å². The summed E-state index contributed by atoms with van der Waals surface area (Å²) in [6.07, 6.45) is 3.58. The molecule has 1 fully saturated rings. The van der Waals surface area contributed by atoms with Crippen molar-refractivity contribution in [3.8, 4) is 0 Å². The highest BCUT2D eigenvalue weighted by Crippen LogP contribution is 2.23. The molecule has 4 rings (SSSR count). The van der Waals surface area contributed by atoms with Gasteiger partial charge >= 0.3 is 0 Å². The number of piperazine rings is 1. The number of hydrogen-bond donors (Lipinski definition) is 1. The Labute approximate surface area is 194 Å². The quantitative estimate of drug-likeness (QED) is 0.418. The van der Waals surface area contributed by atoms with E-state index in [4.69, 9.17) is 0 Å². The third-order valence-electron chi connectivity index (χ3n) is 5.65. The molecule has 0 atom stereocenters. The number of carbonyl (C=O) groups excluding carboxylic acids is 1.